The van der Waals surface area contributed by atoms with E-state index in [9.17, 15) is 9.59 Å². The van der Waals surface area contributed by atoms with E-state index in [1.807, 2.05) is 6.92 Å². The molecule has 0 radical (unpaired) electrons. The van der Waals surface area contributed by atoms with Crippen molar-refractivity contribution < 1.29 is 4.74 Å². The van der Waals surface area contributed by atoms with E-state index in [-0.39, 0.29) is 10.4 Å². The van der Waals surface area contributed by atoms with Crippen LogP contribution in [0.25, 0.3) is 10.1 Å². The second kappa shape index (κ2) is 3.51. The molecule has 1 N–H and O–H groups in total. The van der Waals surface area contributed by atoms with Gasteiger partial charge in [-0.2, -0.15) is 0 Å². The Bertz CT molecular complexity index is 627. The van der Waals surface area contributed by atoms with E-state index in [0.29, 0.717) is 15.8 Å². The van der Waals surface area contributed by atoms with Gasteiger partial charge in [0, 0.05) is 4.70 Å². The van der Waals surface area contributed by atoms with E-state index in [1.165, 1.54) is 0 Å². The molecule has 2 aromatic rings. The van der Waals surface area contributed by atoms with Crippen LogP contribution in [0.5, 0.6) is 5.75 Å². The monoisotopic (exact) mass is 223 g/mol. The van der Waals surface area contributed by atoms with E-state index in [1.54, 1.807) is 19.2 Å². The normalized spacial score (nSPS) is 10.5. The van der Waals surface area contributed by atoms with Crippen LogP contribution >= 0.6 is 11.3 Å². The van der Waals surface area contributed by atoms with Crippen molar-refractivity contribution in [3.63, 3.8) is 0 Å². The van der Waals surface area contributed by atoms with E-state index in [0.717, 1.165) is 16.9 Å². The molecule has 15 heavy (non-hydrogen) atoms. The fourth-order valence-corrected chi connectivity index (χ4v) is 2.25. The van der Waals surface area contributed by atoms with E-state index < -0.39 is 0 Å². The molecule has 0 spiro atoms. The number of aromatic amines is 1. The van der Waals surface area contributed by atoms with E-state index in [4.69, 9.17) is 4.74 Å². The fourth-order valence-electron chi connectivity index (χ4n) is 1.44. The number of ether oxygens (including phenoxy) is 1. The highest BCUT2D eigenvalue weighted by Crippen LogP contribution is 2.23. The number of hydrogen-bond acceptors (Lipinski definition) is 4. The molecule has 0 atom stereocenters. The third-order valence-electron chi connectivity index (χ3n) is 2.14. The molecular weight excluding hydrogens is 214 g/mol. The standard InChI is InChI=1S/C10H9NO3S/c1-5-3-6(14-2)4-7-8(5)15-10(13)11-9(7)12/h3-4H,1-2H3,(H,11,12,13). The van der Waals surface area contributed by atoms with Gasteiger partial charge in [0.2, 0.25) is 0 Å². The van der Waals surface area contributed by atoms with Gasteiger partial charge in [0.15, 0.2) is 0 Å². The van der Waals surface area contributed by atoms with Crippen molar-refractivity contribution in [3.05, 3.63) is 37.7 Å². The van der Waals surface area contributed by atoms with Crippen molar-refractivity contribution in [1.82, 2.24) is 4.98 Å². The number of aryl methyl sites for hydroxylation is 1. The summed E-state index contributed by atoms with van der Waals surface area (Å²) in [5, 5.41) is 0.497. The van der Waals surface area contributed by atoms with Crippen LogP contribution in [0, 0.1) is 6.92 Å². The molecule has 1 aromatic heterocycles. The van der Waals surface area contributed by atoms with Crippen molar-refractivity contribution in [3.8, 4) is 5.75 Å². The van der Waals surface area contributed by atoms with Crippen LogP contribution < -0.4 is 15.2 Å². The van der Waals surface area contributed by atoms with Gasteiger partial charge in [-0.15, -0.1) is 0 Å². The number of benzene rings is 1. The summed E-state index contributed by atoms with van der Waals surface area (Å²) in [5.41, 5.74) is 0.508. The van der Waals surface area contributed by atoms with Crippen molar-refractivity contribution in [2.45, 2.75) is 6.92 Å². The minimum Gasteiger partial charge on any atom is -0.497 e. The van der Waals surface area contributed by atoms with Crippen molar-refractivity contribution in [2.75, 3.05) is 7.11 Å². The molecule has 78 valence electrons. The maximum absolute atomic E-state index is 11.5. The van der Waals surface area contributed by atoms with Crippen molar-refractivity contribution in [1.29, 1.82) is 0 Å². The minimum absolute atomic E-state index is 0.333. The van der Waals surface area contributed by atoms with Crippen LogP contribution in [-0.2, 0) is 0 Å². The van der Waals surface area contributed by atoms with Gasteiger partial charge in [0.25, 0.3) is 5.56 Å². The Labute approximate surface area is 89.2 Å². The number of nitrogens with one attached hydrogen (secondary N) is 1. The first-order valence-corrected chi connectivity index (χ1v) is 5.15. The fraction of sp³-hybridized carbons (Fsp3) is 0.200. The first-order chi connectivity index (χ1) is 7.11. The molecule has 1 aromatic carbocycles. The molecule has 0 saturated heterocycles. The molecule has 4 nitrogen and oxygen atoms in total. The Balaban J connectivity index is 2.98. The molecule has 0 aliphatic carbocycles. The van der Waals surface area contributed by atoms with Crippen molar-refractivity contribution >= 4 is 21.4 Å². The number of fused-ring (bicyclic) bond motifs is 1. The highest BCUT2D eigenvalue weighted by atomic mass is 32.1. The molecule has 0 bridgehead atoms. The van der Waals surface area contributed by atoms with E-state index >= 15 is 0 Å². The quantitative estimate of drug-likeness (QED) is 0.792. The Morgan fingerprint density at radius 1 is 1.33 bits per heavy atom. The smallest absolute Gasteiger partial charge is 0.307 e. The topological polar surface area (TPSA) is 59.2 Å². The number of aromatic nitrogens is 1. The van der Waals surface area contributed by atoms with Crippen LogP contribution in [0.3, 0.4) is 0 Å². The average Bonchev–Trinajstić information content (AvgIpc) is 2.19. The maximum atomic E-state index is 11.5. The molecule has 0 fully saturated rings. The molecule has 0 amide bonds. The summed E-state index contributed by atoms with van der Waals surface area (Å²) >= 11 is 1.04. The molecule has 0 aliphatic rings. The number of rotatable bonds is 1. The Morgan fingerprint density at radius 3 is 2.73 bits per heavy atom. The molecule has 2 rings (SSSR count). The van der Waals surface area contributed by atoms with Crippen molar-refractivity contribution in [2.24, 2.45) is 0 Å². The van der Waals surface area contributed by atoms with E-state index in [2.05, 4.69) is 4.98 Å². The molecule has 0 aliphatic heterocycles. The summed E-state index contributed by atoms with van der Waals surface area (Å²) in [6.45, 7) is 1.85. The lowest BCUT2D eigenvalue weighted by Crippen LogP contribution is -2.16. The van der Waals surface area contributed by atoms with Crippen LogP contribution in [0.2, 0.25) is 0 Å². The van der Waals surface area contributed by atoms with Gasteiger partial charge >= 0.3 is 4.87 Å². The summed E-state index contributed by atoms with van der Waals surface area (Å²) in [7, 11) is 1.54. The number of hydrogen-bond donors (Lipinski definition) is 1. The summed E-state index contributed by atoms with van der Waals surface area (Å²) in [6, 6.07) is 3.44. The molecule has 0 saturated carbocycles. The van der Waals surface area contributed by atoms with Crippen LogP contribution in [0.4, 0.5) is 0 Å². The van der Waals surface area contributed by atoms with Gasteiger partial charge < -0.3 is 4.74 Å². The van der Waals surface area contributed by atoms with Crippen LogP contribution in [-0.4, -0.2) is 12.1 Å². The minimum atomic E-state index is -0.365. The summed E-state index contributed by atoms with van der Waals surface area (Å²) in [6.07, 6.45) is 0. The van der Waals surface area contributed by atoms with Gasteiger partial charge in [-0.3, -0.25) is 14.6 Å². The van der Waals surface area contributed by atoms with Crippen LogP contribution in [0.15, 0.2) is 21.7 Å². The SMILES string of the molecule is COc1cc(C)c2sc(=O)[nH]c(=O)c2c1. The lowest BCUT2D eigenvalue weighted by Gasteiger charge is -2.03. The summed E-state index contributed by atoms with van der Waals surface area (Å²) in [5.74, 6) is 0.622. The second-order valence-electron chi connectivity index (χ2n) is 3.16. The van der Waals surface area contributed by atoms with Gasteiger partial charge in [-0.1, -0.05) is 11.3 Å². The Hall–Kier alpha value is -1.62. The lowest BCUT2D eigenvalue weighted by molar-refractivity contribution is 0.415. The second-order valence-corrected chi connectivity index (χ2v) is 4.15. The first kappa shape index (κ1) is 9.92. The molecule has 0 unspecified atom stereocenters. The number of H-pyrrole nitrogens is 1. The van der Waals surface area contributed by atoms with Gasteiger partial charge in [0.1, 0.15) is 5.75 Å². The summed E-state index contributed by atoms with van der Waals surface area (Å²) < 4.78 is 5.77. The zero-order valence-corrected chi connectivity index (χ0v) is 9.10. The average molecular weight is 223 g/mol. The predicted molar refractivity (Wildman–Crippen MR) is 60.0 cm³/mol. The maximum Gasteiger partial charge on any atom is 0.307 e. The summed E-state index contributed by atoms with van der Waals surface area (Å²) in [4.78, 5) is 24.6. The molecule has 5 heteroatoms. The Kier molecular flexibility index (Phi) is 2.32. The largest absolute Gasteiger partial charge is 0.497 e. The van der Waals surface area contributed by atoms with Gasteiger partial charge in [-0.05, 0) is 24.6 Å². The first-order valence-electron chi connectivity index (χ1n) is 4.33. The lowest BCUT2D eigenvalue weighted by atomic mass is 10.2. The zero-order chi connectivity index (χ0) is 11.0. The predicted octanol–water partition coefficient (Wildman–Crippen LogP) is 1.27. The molecular formula is C10H9NO3S. The van der Waals surface area contributed by atoms with Gasteiger partial charge in [0.05, 0.1) is 12.5 Å². The third kappa shape index (κ3) is 1.66. The van der Waals surface area contributed by atoms with Crippen LogP contribution in [0.1, 0.15) is 5.56 Å². The van der Waals surface area contributed by atoms with Gasteiger partial charge in [-0.25, -0.2) is 0 Å². The number of methoxy groups -OCH3 is 1. The highest BCUT2D eigenvalue weighted by molar-refractivity contribution is 7.16. The zero-order valence-electron chi connectivity index (χ0n) is 8.29. The Morgan fingerprint density at radius 2 is 2.07 bits per heavy atom. The molecule has 1 heterocycles. The third-order valence-corrected chi connectivity index (χ3v) is 3.17. The highest BCUT2D eigenvalue weighted by Gasteiger charge is 2.06.